The van der Waals surface area contributed by atoms with Crippen molar-refractivity contribution in [2.75, 3.05) is 11.4 Å². The largest absolute Gasteiger partial charge is 0.431 e. The van der Waals surface area contributed by atoms with Gasteiger partial charge in [-0.25, -0.2) is 4.39 Å². The zero-order valence-electron chi connectivity index (χ0n) is 16.3. The van der Waals surface area contributed by atoms with Gasteiger partial charge < -0.3 is 20.3 Å². The van der Waals surface area contributed by atoms with Gasteiger partial charge in [-0.3, -0.25) is 9.59 Å². The summed E-state index contributed by atoms with van der Waals surface area (Å²) in [7, 11) is 0. The monoisotopic (exact) mass is 469 g/mol. The molecule has 168 valence electrons. The van der Waals surface area contributed by atoms with Crippen LogP contribution in [0, 0.1) is 5.82 Å². The lowest BCUT2D eigenvalue weighted by molar-refractivity contribution is -0.149. The third-order valence-corrected chi connectivity index (χ3v) is 5.49. The summed E-state index contributed by atoms with van der Waals surface area (Å²) < 4.78 is 52.2. The van der Waals surface area contributed by atoms with Gasteiger partial charge in [0.05, 0.1) is 0 Å². The number of H-pyrrole nitrogens is 1. The van der Waals surface area contributed by atoms with E-state index >= 15 is 0 Å². The molecule has 2 heterocycles. The molecule has 1 aliphatic rings. The lowest BCUT2D eigenvalue weighted by Crippen LogP contribution is -2.52. The number of carbonyl (C=O) groups excluding carboxylic acids is 2. The molecule has 11 heteroatoms. The van der Waals surface area contributed by atoms with Crippen LogP contribution in [0.15, 0.2) is 42.5 Å². The van der Waals surface area contributed by atoms with E-state index in [1.807, 2.05) is 0 Å². The zero-order chi connectivity index (χ0) is 23.3. The molecule has 2 aromatic carbocycles. The van der Waals surface area contributed by atoms with E-state index in [0.717, 1.165) is 23.1 Å². The lowest BCUT2D eigenvalue weighted by Gasteiger charge is -2.22. The van der Waals surface area contributed by atoms with Crippen molar-refractivity contribution >= 4 is 40.0 Å². The summed E-state index contributed by atoms with van der Waals surface area (Å²) in [6, 6.07) is 8.78. The Morgan fingerprint density at radius 3 is 2.66 bits per heavy atom. The summed E-state index contributed by atoms with van der Waals surface area (Å²) >= 11 is 5.77. The number of rotatable bonds is 4. The molecule has 0 aliphatic carbocycles. The van der Waals surface area contributed by atoms with Crippen molar-refractivity contribution in [1.82, 2.24) is 10.3 Å². The molecule has 1 fully saturated rings. The number of fused-ring (bicyclic) bond motifs is 1. The van der Waals surface area contributed by atoms with Gasteiger partial charge in [0.2, 0.25) is 5.60 Å². The van der Waals surface area contributed by atoms with Crippen LogP contribution in [0.5, 0.6) is 0 Å². The molecule has 1 saturated heterocycles. The minimum Gasteiger partial charge on any atom is -0.372 e. The number of alkyl halides is 3. The summed E-state index contributed by atoms with van der Waals surface area (Å²) in [5.74, 6) is -2.47. The number of hydrogen-bond acceptors (Lipinski definition) is 3. The van der Waals surface area contributed by atoms with Crippen molar-refractivity contribution in [3.63, 3.8) is 0 Å². The number of anilines is 1. The molecule has 0 radical (unpaired) electrons. The third-order valence-electron chi connectivity index (χ3n) is 5.27. The Hall–Kier alpha value is -3.11. The second-order valence-corrected chi connectivity index (χ2v) is 7.92. The predicted octanol–water partition coefficient (Wildman–Crippen LogP) is 3.76. The topological polar surface area (TPSA) is 85.4 Å². The van der Waals surface area contributed by atoms with E-state index in [4.69, 9.17) is 11.6 Å². The molecule has 2 amide bonds. The number of nitrogens with one attached hydrogen (secondary N) is 2. The van der Waals surface area contributed by atoms with Gasteiger partial charge >= 0.3 is 6.18 Å². The maximum atomic E-state index is 13.4. The molecule has 1 atom stereocenters. The Labute approximate surface area is 183 Å². The van der Waals surface area contributed by atoms with Crippen LogP contribution in [0.1, 0.15) is 17.7 Å². The van der Waals surface area contributed by atoms with Gasteiger partial charge in [0.1, 0.15) is 11.5 Å². The van der Waals surface area contributed by atoms with Crippen molar-refractivity contribution in [3.8, 4) is 0 Å². The average Bonchev–Trinajstić information content (AvgIpc) is 3.27. The van der Waals surface area contributed by atoms with Crippen molar-refractivity contribution in [3.05, 3.63) is 64.6 Å². The van der Waals surface area contributed by atoms with E-state index in [9.17, 15) is 32.3 Å². The second kappa shape index (κ2) is 7.79. The molecular formula is C21H16ClF4N3O3. The summed E-state index contributed by atoms with van der Waals surface area (Å²) in [4.78, 5) is 28.8. The number of hydrogen-bond donors (Lipinski definition) is 3. The molecule has 4 rings (SSSR count). The van der Waals surface area contributed by atoms with Crippen LogP contribution in [0.2, 0.25) is 5.02 Å². The van der Waals surface area contributed by atoms with Crippen LogP contribution in [0.3, 0.4) is 0 Å². The summed E-state index contributed by atoms with van der Waals surface area (Å²) in [5.41, 5.74) is -2.47. The molecule has 1 aliphatic heterocycles. The van der Waals surface area contributed by atoms with Crippen LogP contribution < -0.4 is 10.2 Å². The molecule has 1 aromatic heterocycles. The van der Waals surface area contributed by atoms with Crippen LogP contribution in [-0.2, 0) is 22.3 Å². The summed E-state index contributed by atoms with van der Waals surface area (Å²) in [6.45, 7) is -0.183. The molecule has 0 saturated carbocycles. The van der Waals surface area contributed by atoms with Gasteiger partial charge in [-0.2, -0.15) is 13.2 Å². The van der Waals surface area contributed by atoms with Crippen molar-refractivity contribution in [2.24, 2.45) is 0 Å². The molecule has 0 spiro atoms. The maximum Gasteiger partial charge on any atom is 0.431 e. The first-order valence-electron chi connectivity index (χ1n) is 9.45. The van der Waals surface area contributed by atoms with Crippen LogP contribution >= 0.6 is 11.6 Å². The number of aromatic amines is 1. The van der Waals surface area contributed by atoms with Gasteiger partial charge in [0.25, 0.3) is 11.8 Å². The zero-order valence-corrected chi connectivity index (χ0v) is 17.0. The predicted molar refractivity (Wildman–Crippen MR) is 108 cm³/mol. The Kier molecular flexibility index (Phi) is 5.38. The minimum absolute atomic E-state index is 0.0173. The number of aromatic nitrogens is 1. The van der Waals surface area contributed by atoms with Gasteiger partial charge in [-0.15, -0.1) is 0 Å². The van der Waals surface area contributed by atoms with Gasteiger partial charge in [0.15, 0.2) is 0 Å². The van der Waals surface area contributed by atoms with Crippen LogP contribution in [-0.4, -0.2) is 34.1 Å². The molecular weight excluding hydrogens is 454 g/mol. The van der Waals surface area contributed by atoms with Crippen LogP contribution in [0.4, 0.5) is 23.2 Å². The number of aliphatic hydroxyl groups is 1. The number of halogens is 5. The highest BCUT2D eigenvalue weighted by molar-refractivity contribution is 6.30. The first kappa shape index (κ1) is 22.1. The van der Waals surface area contributed by atoms with E-state index in [0.29, 0.717) is 5.56 Å². The van der Waals surface area contributed by atoms with E-state index in [1.165, 1.54) is 24.3 Å². The van der Waals surface area contributed by atoms with Gasteiger partial charge in [0, 0.05) is 41.1 Å². The highest BCUT2D eigenvalue weighted by atomic mass is 35.5. The van der Waals surface area contributed by atoms with Gasteiger partial charge in [-0.05, 0) is 48.0 Å². The van der Waals surface area contributed by atoms with E-state index in [1.54, 1.807) is 0 Å². The number of benzene rings is 2. The number of nitrogens with zero attached hydrogens (tertiary/aromatic N) is 1. The fraction of sp³-hybridized carbons (Fsp3) is 0.238. The van der Waals surface area contributed by atoms with Crippen LogP contribution in [0.25, 0.3) is 10.9 Å². The fourth-order valence-electron chi connectivity index (χ4n) is 3.64. The highest BCUT2D eigenvalue weighted by Crippen LogP contribution is 2.34. The number of amides is 2. The Morgan fingerprint density at radius 2 is 1.97 bits per heavy atom. The van der Waals surface area contributed by atoms with Gasteiger partial charge in [-0.1, -0.05) is 11.6 Å². The highest BCUT2D eigenvalue weighted by Gasteiger charge is 2.51. The number of carbonyl (C=O) groups is 2. The van der Waals surface area contributed by atoms with E-state index in [2.05, 4.69) is 10.3 Å². The van der Waals surface area contributed by atoms with E-state index < -0.39 is 35.1 Å². The normalized spacial score (nSPS) is 19.1. The van der Waals surface area contributed by atoms with Crippen molar-refractivity contribution in [2.45, 2.75) is 24.7 Å². The molecule has 6 nitrogen and oxygen atoms in total. The summed E-state index contributed by atoms with van der Waals surface area (Å²) in [5, 5.41) is 13.5. The lowest BCUT2D eigenvalue weighted by atomic mass is 10.0. The SMILES string of the molecule is O=C(NCc1cc(F)cc(Cl)c1)[C@@]1(O)CCN(c2ccc3[nH]c(C(F)(F)F)cc3c2)C1=O. The molecule has 0 bridgehead atoms. The Balaban J connectivity index is 1.51. The second-order valence-electron chi connectivity index (χ2n) is 7.48. The first-order valence-corrected chi connectivity index (χ1v) is 9.83. The Morgan fingerprint density at radius 1 is 1.22 bits per heavy atom. The van der Waals surface area contributed by atoms with Crippen molar-refractivity contribution in [1.29, 1.82) is 0 Å². The quantitative estimate of drug-likeness (QED) is 0.402. The smallest absolute Gasteiger partial charge is 0.372 e. The standard InChI is InChI=1S/C21H16ClF4N3O3/c22-13-5-11(6-14(23)9-13)10-27-18(30)20(32)3-4-29(19(20)31)15-1-2-16-12(7-15)8-17(28-16)21(24,25)26/h1-2,5-9,28,32H,3-4,10H2,(H,27,30)/t20-/m0/s1. The van der Waals surface area contributed by atoms with E-state index in [-0.39, 0.29) is 41.1 Å². The Bertz CT molecular complexity index is 1210. The average molecular weight is 470 g/mol. The maximum absolute atomic E-state index is 13.4. The molecule has 3 N–H and O–H groups in total. The van der Waals surface area contributed by atoms with Crippen molar-refractivity contribution < 1.29 is 32.3 Å². The molecule has 3 aromatic rings. The fourth-order valence-corrected chi connectivity index (χ4v) is 3.89. The minimum atomic E-state index is -4.55. The first-order chi connectivity index (χ1) is 15.0. The summed E-state index contributed by atoms with van der Waals surface area (Å²) in [6.07, 6.45) is -4.77. The molecule has 32 heavy (non-hydrogen) atoms. The third kappa shape index (κ3) is 4.03. The molecule has 0 unspecified atom stereocenters.